The van der Waals surface area contributed by atoms with Crippen LogP contribution in [-0.4, -0.2) is 40.8 Å². The molecule has 3 rings (SSSR count). The normalized spacial score (nSPS) is 17.2. The first-order chi connectivity index (χ1) is 12.4. The van der Waals surface area contributed by atoms with Crippen molar-refractivity contribution < 1.29 is 22.7 Å². The minimum absolute atomic E-state index is 0.0179. The molecule has 0 aromatic heterocycles. The highest BCUT2D eigenvalue weighted by Crippen LogP contribution is 2.26. The molecule has 0 aliphatic carbocycles. The van der Waals surface area contributed by atoms with Crippen LogP contribution in [0.15, 0.2) is 53.4 Å². The van der Waals surface area contributed by atoms with E-state index in [0.717, 1.165) is 0 Å². The minimum Gasteiger partial charge on any atom is -0.497 e. The first-order valence-electron chi connectivity index (χ1n) is 7.77. The molecule has 1 aliphatic heterocycles. The average molecular weight is 397 g/mol. The van der Waals surface area contributed by atoms with Crippen molar-refractivity contribution >= 4 is 33.4 Å². The van der Waals surface area contributed by atoms with Gasteiger partial charge in [0, 0.05) is 12.6 Å². The van der Waals surface area contributed by atoms with Gasteiger partial charge in [0.1, 0.15) is 16.7 Å². The molecular weight excluding hydrogens is 380 g/mol. The Balaban J connectivity index is 1.67. The van der Waals surface area contributed by atoms with Gasteiger partial charge in [-0.05, 0) is 24.3 Å². The monoisotopic (exact) mass is 396 g/mol. The van der Waals surface area contributed by atoms with E-state index < -0.39 is 22.2 Å². The number of hydrogen-bond donors (Lipinski definition) is 1. The summed E-state index contributed by atoms with van der Waals surface area (Å²) >= 11 is 5.93. The van der Waals surface area contributed by atoms with Crippen molar-refractivity contribution in [2.75, 3.05) is 25.1 Å². The molecule has 2 aromatic carbocycles. The van der Waals surface area contributed by atoms with Crippen LogP contribution in [0.25, 0.3) is 0 Å². The Morgan fingerprint density at radius 2 is 2.04 bits per heavy atom. The fourth-order valence-electron chi connectivity index (χ4n) is 2.56. The number of halogens is 1. The maximum atomic E-state index is 12.4. The molecule has 1 amide bonds. The summed E-state index contributed by atoms with van der Waals surface area (Å²) in [5.41, 5.74) is 0.616. The number of nitrogens with zero attached hydrogens (tertiary/aromatic N) is 1. The molecule has 0 radical (unpaired) electrons. The summed E-state index contributed by atoms with van der Waals surface area (Å²) in [7, 11) is -2.27. The van der Waals surface area contributed by atoms with Gasteiger partial charge in [-0.15, -0.1) is 0 Å². The number of sulfonamides is 1. The van der Waals surface area contributed by atoms with E-state index in [9.17, 15) is 13.2 Å². The topological polar surface area (TPSA) is 84.9 Å². The van der Waals surface area contributed by atoms with Gasteiger partial charge in [-0.3, -0.25) is 4.90 Å². The van der Waals surface area contributed by atoms with Crippen molar-refractivity contribution in [1.82, 2.24) is 4.72 Å². The average Bonchev–Trinajstić information content (AvgIpc) is 3.01. The van der Waals surface area contributed by atoms with E-state index in [1.807, 2.05) is 0 Å². The van der Waals surface area contributed by atoms with Crippen LogP contribution in [0.1, 0.15) is 0 Å². The van der Waals surface area contributed by atoms with Gasteiger partial charge in [-0.25, -0.2) is 17.9 Å². The Labute approximate surface area is 156 Å². The van der Waals surface area contributed by atoms with Crippen molar-refractivity contribution in [1.29, 1.82) is 0 Å². The summed E-state index contributed by atoms with van der Waals surface area (Å²) in [6.07, 6.45) is -1.16. The molecule has 1 atom stereocenters. The summed E-state index contributed by atoms with van der Waals surface area (Å²) in [5.74, 6) is 0.609. The molecule has 2 aromatic rings. The smallest absolute Gasteiger partial charge is 0.414 e. The van der Waals surface area contributed by atoms with Crippen molar-refractivity contribution in [3.63, 3.8) is 0 Å². The van der Waals surface area contributed by atoms with Gasteiger partial charge in [0.25, 0.3) is 0 Å². The van der Waals surface area contributed by atoms with E-state index in [1.165, 1.54) is 24.1 Å². The molecule has 1 N–H and O–H groups in total. The molecule has 7 nitrogen and oxygen atoms in total. The molecule has 26 heavy (non-hydrogen) atoms. The standard InChI is InChI=1S/C17H17ClN2O5S/c1-24-13-6-4-5-12(9-13)20-11-14(25-17(20)21)10-19-26(22,23)16-8-3-2-7-15(16)18/h2-9,14,19H,10-11H2,1H3. The van der Waals surface area contributed by atoms with Crippen molar-refractivity contribution in [2.24, 2.45) is 0 Å². The van der Waals surface area contributed by atoms with Crippen molar-refractivity contribution in [2.45, 2.75) is 11.0 Å². The number of carbonyl (C=O) groups excluding carboxylic acids is 1. The van der Waals surface area contributed by atoms with Crippen LogP contribution < -0.4 is 14.4 Å². The van der Waals surface area contributed by atoms with Crippen LogP contribution in [0.4, 0.5) is 10.5 Å². The minimum atomic E-state index is -3.80. The second-order valence-electron chi connectivity index (χ2n) is 5.60. The predicted molar refractivity (Wildman–Crippen MR) is 97.2 cm³/mol. The molecule has 1 heterocycles. The van der Waals surface area contributed by atoms with E-state index in [1.54, 1.807) is 36.4 Å². The highest BCUT2D eigenvalue weighted by atomic mass is 35.5. The number of carbonyl (C=O) groups is 1. The zero-order chi connectivity index (χ0) is 18.7. The summed E-state index contributed by atoms with van der Waals surface area (Å²) in [5, 5.41) is 0.126. The zero-order valence-corrected chi connectivity index (χ0v) is 15.5. The quantitative estimate of drug-likeness (QED) is 0.811. The lowest BCUT2D eigenvalue weighted by Gasteiger charge is -2.14. The third kappa shape index (κ3) is 3.92. The number of rotatable bonds is 6. The summed E-state index contributed by atoms with van der Waals surface area (Å²) in [6, 6.07) is 13.1. The molecule has 0 saturated carbocycles. The summed E-state index contributed by atoms with van der Waals surface area (Å²) < 4.78 is 37.5. The highest BCUT2D eigenvalue weighted by molar-refractivity contribution is 7.89. The van der Waals surface area contributed by atoms with E-state index >= 15 is 0 Å². The number of cyclic esters (lactones) is 1. The SMILES string of the molecule is COc1cccc(N2CC(CNS(=O)(=O)c3ccccc3Cl)OC2=O)c1. The molecule has 1 fully saturated rings. The van der Waals surface area contributed by atoms with Crippen molar-refractivity contribution in [3.05, 3.63) is 53.6 Å². The van der Waals surface area contributed by atoms with Crippen molar-refractivity contribution in [3.8, 4) is 5.75 Å². The van der Waals surface area contributed by atoms with Crippen LogP contribution in [-0.2, 0) is 14.8 Å². The number of benzene rings is 2. The molecular formula is C17H17ClN2O5S. The van der Waals surface area contributed by atoms with Gasteiger partial charge in [0.05, 0.1) is 24.4 Å². The summed E-state index contributed by atoms with van der Waals surface area (Å²) in [4.78, 5) is 13.5. The van der Waals surface area contributed by atoms with E-state index in [4.69, 9.17) is 21.1 Å². The second kappa shape index (κ2) is 7.53. The largest absolute Gasteiger partial charge is 0.497 e. The van der Waals surface area contributed by atoms with E-state index in [0.29, 0.717) is 11.4 Å². The van der Waals surface area contributed by atoms with Crippen LogP contribution in [0, 0.1) is 0 Å². The van der Waals surface area contributed by atoms with E-state index in [2.05, 4.69) is 4.72 Å². The Morgan fingerprint density at radius 1 is 1.27 bits per heavy atom. The lowest BCUT2D eigenvalue weighted by atomic mass is 10.2. The first-order valence-corrected chi connectivity index (χ1v) is 9.63. The Hall–Kier alpha value is -2.29. The Bertz CT molecular complexity index is 919. The maximum Gasteiger partial charge on any atom is 0.414 e. The number of methoxy groups -OCH3 is 1. The number of nitrogens with one attached hydrogen (secondary N) is 1. The Kier molecular flexibility index (Phi) is 5.36. The lowest BCUT2D eigenvalue weighted by molar-refractivity contribution is 0.143. The number of hydrogen-bond acceptors (Lipinski definition) is 5. The van der Waals surface area contributed by atoms with Gasteiger partial charge in [0.15, 0.2) is 0 Å². The van der Waals surface area contributed by atoms with Gasteiger partial charge in [0.2, 0.25) is 10.0 Å². The predicted octanol–water partition coefficient (Wildman–Crippen LogP) is 2.65. The third-order valence-corrected chi connectivity index (χ3v) is 5.79. The zero-order valence-electron chi connectivity index (χ0n) is 13.9. The fraction of sp³-hybridized carbons (Fsp3) is 0.235. The molecule has 0 bridgehead atoms. The third-order valence-electron chi connectivity index (χ3n) is 3.87. The van der Waals surface area contributed by atoms with Gasteiger partial charge < -0.3 is 9.47 Å². The molecule has 9 heteroatoms. The first kappa shape index (κ1) is 18.5. The second-order valence-corrected chi connectivity index (χ2v) is 7.74. The lowest BCUT2D eigenvalue weighted by Crippen LogP contribution is -2.34. The maximum absolute atomic E-state index is 12.4. The van der Waals surface area contributed by atoms with Gasteiger partial charge in [-0.1, -0.05) is 29.8 Å². The van der Waals surface area contributed by atoms with Crippen LogP contribution in [0.3, 0.4) is 0 Å². The van der Waals surface area contributed by atoms with Crippen LogP contribution in [0.2, 0.25) is 5.02 Å². The van der Waals surface area contributed by atoms with Gasteiger partial charge in [-0.2, -0.15) is 0 Å². The molecule has 138 valence electrons. The molecule has 1 unspecified atom stereocenters. The van der Waals surface area contributed by atoms with Gasteiger partial charge >= 0.3 is 6.09 Å². The Morgan fingerprint density at radius 3 is 2.77 bits per heavy atom. The number of anilines is 1. The highest BCUT2D eigenvalue weighted by Gasteiger charge is 2.33. The molecule has 0 spiro atoms. The number of amides is 1. The molecule has 1 saturated heterocycles. The van der Waals surface area contributed by atoms with Crippen LogP contribution in [0.5, 0.6) is 5.75 Å². The fourth-order valence-corrected chi connectivity index (χ4v) is 4.14. The van der Waals surface area contributed by atoms with Crippen LogP contribution >= 0.6 is 11.6 Å². The summed E-state index contributed by atoms with van der Waals surface area (Å²) in [6.45, 7) is 0.163. The molecule has 1 aliphatic rings. The number of ether oxygens (including phenoxy) is 2. The van der Waals surface area contributed by atoms with E-state index in [-0.39, 0.29) is 23.0 Å².